The molecule has 21 heteroatoms. The summed E-state index contributed by atoms with van der Waals surface area (Å²) in [6, 6.07) is 24.3. The first-order chi connectivity index (χ1) is 30.6. The number of amides is 1. The molecule has 336 valence electrons. The lowest BCUT2D eigenvalue weighted by Crippen LogP contribution is -2.39. The Balaban J connectivity index is 0.984. The summed E-state index contributed by atoms with van der Waals surface area (Å²) in [6.45, 7) is 3.73. The van der Waals surface area contributed by atoms with E-state index in [-0.39, 0.29) is 18.1 Å². The number of carbonyl (C=O) groups excluding carboxylic acids is 2. The average Bonchev–Trinajstić information content (AvgIpc) is 3.95. The number of aromatic nitrogens is 2. The molecule has 2 aliphatic rings. The van der Waals surface area contributed by atoms with Crippen LogP contribution in [0.4, 0.5) is 29.1 Å². The Morgan fingerprint density at radius 2 is 1.67 bits per heavy atom. The zero-order valence-electron chi connectivity index (χ0n) is 33.9. The maximum Gasteiger partial charge on any atom is 0.501 e. The number of hydrogen-bond donors (Lipinski definition) is 2. The van der Waals surface area contributed by atoms with Crippen LogP contribution in [0.2, 0.25) is 0 Å². The van der Waals surface area contributed by atoms with E-state index in [1.165, 1.54) is 28.5 Å². The number of halogens is 3. The van der Waals surface area contributed by atoms with Crippen molar-refractivity contribution < 1.29 is 44.3 Å². The maximum absolute atomic E-state index is 14.2. The highest BCUT2D eigenvalue weighted by Crippen LogP contribution is 2.37. The van der Waals surface area contributed by atoms with Gasteiger partial charge in [0, 0.05) is 60.4 Å². The van der Waals surface area contributed by atoms with Crippen molar-refractivity contribution in [3.05, 3.63) is 119 Å². The number of nitrogens with one attached hydrogen (secondary N) is 2. The second-order valence-electron chi connectivity index (χ2n) is 15.1. The van der Waals surface area contributed by atoms with Gasteiger partial charge in [-0.3, -0.25) is 19.8 Å². The van der Waals surface area contributed by atoms with Crippen LogP contribution in [0, 0.1) is 0 Å². The number of alkyl halides is 3. The number of fused-ring (bicyclic) bond motifs is 2. The van der Waals surface area contributed by atoms with Crippen molar-refractivity contribution in [3.63, 3.8) is 0 Å². The van der Waals surface area contributed by atoms with Crippen molar-refractivity contribution >= 4 is 92.0 Å². The fourth-order valence-electron chi connectivity index (χ4n) is 7.37. The summed E-state index contributed by atoms with van der Waals surface area (Å²) in [5.74, 6) is -2.09. The lowest BCUT2D eigenvalue weighted by atomic mass is 9.94. The highest BCUT2D eigenvalue weighted by molar-refractivity contribution is 7.99. The number of ketones is 1. The quantitative estimate of drug-likeness (QED) is 0.0713. The van der Waals surface area contributed by atoms with E-state index in [2.05, 4.69) is 25.5 Å². The first-order valence-electron chi connectivity index (χ1n) is 20.1. The van der Waals surface area contributed by atoms with Gasteiger partial charge in [-0.05, 0) is 72.5 Å². The molecule has 0 unspecified atom stereocenters. The largest absolute Gasteiger partial charge is 0.501 e. The van der Waals surface area contributed by atoms with Crippen LogP contribution in [-0.2, 0) is 37.4 Å². The minimum atomic E-state index is -6.07. The molecular weight excluding hydrogens is 930 g/mol. The monoisotopic (exact) mass is 970 g/mol. The summed E-state index contributed by atoms with van der Waals surface area (Å²) in [7, 11) is -10.8. The molecule has 0 bridgehead atoms. The summed E-state index contributed by atoms with van der Waals surface area (Å²) < 4.78 is 103. The van der Waals surface area contributed by atoms with E-state index in [1.54, 1.807) is 6.07 Å². The molecule has 1 amide bonds. The number of para-hydroxylation sites is 1. The maximum atomic E-state index is 14.2. The molecule has 0 spiro atoms. The van der Waals surface area contributed by atoms with Crippen molar-refractivity contribution in [1.29, 1.82) is 0 Å². The fraction of sp³-hybridized carbons (Fsp3) is 0.302. The lowest BCUT2D eigenvalue weighted by Gasteiger charge is -2.29. The molecule has 1 atom stereocenters. The van der Waals surface area contributed by atoms with Crippen molar-refractivity contribution in [1.82, 2.24) is 14.9 Å². The molecule has 0 radical (unpaired) electrons. The molecule has 2 N–H and O–H groups in total. The Morgan fingerprint density at radius 1 is 0.906 bits per heavy atom. The molecule has 64 heavy (non-hydrogen) atoms. The minimum absolute atomic E-state index is 0.184. The standard InChI is InChI=1S/C43H41F3N6O7S5/c44-43(45,46)64(57,58)39-23-31(13-14-35(39)47-29(16-17-51-19-21-59-22-20-51)25-60-30-8-2-1-3-9-30)63(55,56)27-37(53)36-26-61-42(49-36)52-18-15-28-7-6-10-32(33(28)24-52)40(54)50-41-48-34-11-4-5-12-38(34)62-41/h1-14,23,26,29,47H,15-22,24-25,27H2,(H,48,50,54)/t29-/m1/s1. The number of anilines is 3. The number of rotatable bonds is 16. The summed E-state index contributed by atoms with van der Waals surface area (Å²) in [4.78, 5) is 38.9. The topological polar surface area (TPSA) is 168 Å². The Kier molecular flexibility index (Phi) is 13.8. The third kappa shape index (κ3) is 10.5. The van der Waals surface area contributed by atoms with E-state index in [1.807, 2.05) is 71.6 Å². The summed E-state index contributed by atoms with van der Waals surface area (Å²) in [5, 5.41) is 8.14. The second kappa shape index (κ2) is 19.3. The highest BCUT2D eigenvalue weighted by Gasteiger charge is 2.48. The molecule has 4 heterocycles. The van der Waals surface area contributed by atoms with E-state index >= 15 is 0 Å². The predicted molar refractivity (Wildman–Crippen MR) is 243 cm³/mol. The molecular formula is C43H41F3N6O7S5. The van der Waals surface area contributed by atoms with Gasteiger partial charge in [0.15, 0.2) is 25.9 Å². The van der Waals surface area contributed by atoms with Crippen LogP contribution in [0.15, 0.2) is 111 Å². The van der Waals surface area contributed by atoms with E-state index in [0.717, 1.165) is 49.7 Å². The number of ether oxygens (including phenoxy) is 1. The summed E-state index contributed by atoms with van der Waals surface area (Å²) >= 11 is 3.90. The summed E-state index contributed by atoms with van der Waals surface area (Å²) in [6.07, 6.45) is 0.990. The molecule has 0 saturated carbocycles. The van der Waals surface area contributed by atoms with Crippen LogP contribution in [0.5, 0.6) is 0 Å². The number of sulfone groups is 2. The van der Waals surface area contributed by atoms with Crippen molar-refractivity contribution in [2.45, 2.75) is 45.6 Å². The van der Waals surface area contributed by atoms with Crippen LogP contribution >= 0.6 is 34.4 Å². The second-order valence-corrected chi connectivity index (χ2v) is 21.9. The SMILES string of the molecule is O=C(CS(=O)(=O)c1ccc(N[C@H](CCN2CCOCC2)CSc2ccccc2)c(S(=O)(=O)C(F)(F)F)c1)c1csc(N2CCc3cccc(C(=O)Nc4nc5ccccc5s4)c3C2)n1. The van der Waals surface area contributed by atoms with Gasteiger partial charge in [0.05, 0.1) is 34.0 Å². The average molecular weight is 971 g/mol. The molecule has 13 nitrogen and oxygen atoms in total. The Labute approximate surface area is 379 Å². The smallest absolute Gasteiger partial charge is 0.380 e. The Morgan fingerprint density at radius 3 is 2.44 bits per heavy atom. The van der Waals surface area contributed by atoms with Gasteiger partial charge in [0.1, 0.15) is 16.3 Å². The molecule has 1 fully saturated rings. The van der Waals surface area contributed by atoms with Gasteiger partial charge in [0.2, 0.25) is 0 Å². The number of nitrogens with zero attached hydrogens (tertiary/aromatic N) is 4. The number of benzene rings is 4. The van der Waals surface area contributed by atoms with E-state index in [0.29, 0.717) is 79.9 Å². The van der Waals surface area contributed by atoms with E-state index in [4.69, 9.17) is 4.74 Å². The number of thioether (sulfide) groups is 1. The van der Waals surface area contributed by atoms with Gasteiger partial charge in [-0.1, -0.05) is 53.8 Å². The Bertz CT molecular complexity index is 2860. The number of morpholine rings is 1. The molecule has 2 aliphatic heterocycles. The Hall–Kier alpha value is -4.90. The van der Waals surface area contributed by atoms with Crippen LogP contribution in [-0.4, -0.2) is 106 Å². The van der Waals surface area contributed by atoms with Crippen LogP contribution in [0.25, 0.3) is 10.2 Å². The van der Waals surface area contributed by atoms with Crippen LogP contribution in [0.3, 0.4) is 0 Å². The van der Waals surface area contributed by atoms with Gasteiger partial charge in [0.25, 0.3) is 15.7 Å². The van der Waals surface area contributed by atoms with Crippen molar-refractivity contribution in [2.24, 2.45) is 0 Å². The third-order valence-electron chi connectivity index (χ3n) is 10.8. The number of Topliss-reactive ketones (excluding diaryl/α,β-unsaturated/α-hetero) is 1. The fourth-order valence-corrected chi connectivity index (χ4v) is 12.3. The lowest BCUT2D eigenvalue weighted by molar-refractivity contribution is -0.0435. The van der Waals surface area contributed by atoms with Crippen LogP contribution < -0.4 is 15.5 Å². The number of hydrogen-bond acceptors (Lipinski definition) is 15. The molecule has 0 aliphatic carbocycles. The molecule has 2 aromatic heterocycles. The predicted octanol–water partition coefficient (Wildman–Crippen LogP) is 7.81. The number of carbonyl (C=O) groups is 2. The molecule has 8 rings (SSSR count). The minimum Gasteiger partial charge on any atom is -0.380 e. The first-order valence-corrected chi connectivity index (χ1v) is 25.9. The first kappa shape index (κ1) is 45.7. The van der Waals surface area contributed by atoms with Gasteiger partial charge >= 0.3 is 5.51 Å². The molecule has 6 aromatic rings. The normalized spacial score (nSPS) is 15.5. The van der Waals surface area contributed by atoms with Gasteiger partial charge in [-0.2, -0.15) is 13.2 Å². The van der Waals surface area contributed by atoms with Crippen molar-refractivity contribution in [2.75, 3.05) is 66.4 Å². The number of thiazole rings is 2. The highest BCUT2D eigenvalue weighted by atomic mass is 32.2. The zero-order valence-corrected chi connectivity index (χ0v) is 38.0. The van der Waals surface area contributed by atoms with E-state index in [9.17, 15) is 39.6 Å². The van der Waals surface area contributed by atoms with Gasteiger partial charge in [-0.15, -0.1) is 23.1 Å². The third-order valence-corrected chi connectivity index (χ3v) is 16.9. The van der Waals surface area contributed by atoms with Crippen LogP contribution in [0.1, 0.15) is 38.4 Å². The summed E-state index contributed by atoms with van der Waals surface area (Å²) in [5.41, 5.74) is -3.40. The van der Waals surface area contributed by atoms with E-state index < -0.39 is 58.2 Å². The molecule has 4 aromatic carbocycles. The zero-order chi connectivity index (χ0) is 45.1. The van der Waals surface area contributed by atoms with Gasteiger partial charge in [-0.25, -0.2) is 26.8 Å². The van der Waals surface area contributed by atoms with Gasteiger partial charge < -0.3 is 15.0 Å². The molecule has 1 saturated heterocycles. The van der Waals surface area contributed by atoms with Crippen molar-refractivity contribution in [3.8, 4) is 0 Å².